The summed E-state index contributed by atoms with van der Waals surface area (Å²) >= 11 is 0. The summed E-state index contributed by atoms with van der Waals surface area (Å²) in [7, 11) is 0. The highest BCUT2D eigenvalue weighted by Crippen LogP contribution is 2.58. The van der Waals surface area contributed by atoms with Crippen LogP contribution in [-0.2, 0) is 0 Å². The lowest BCUT2D eigenvalue weighted by Crippen LogP contribution is -2.46. The predicted molar refractivity (Wildman–Crippen MR) is 70.4 cm³/mol. The van der Waals surface area contributed by atoms with Crippen LogP contribution in [0.2, 0.25) is 0 Å². The summed E-state index contributed by atoms with van der Waals surface area (Å²) < 4.78 is 1.82. The Kier molecular flexibility index (Phi) is 2.48. The third kappa shape index (κ3) is 1.72. The molecule has 4 aliphatic rings. The van der Waals surface area contributed by atoms with Crippen LogP contribution >= 0.6 is 0 Å². The van der Waals surface area contributed by atoms with Crippen molar-refractivity contribution in [3.8, 4) is 6.07 Å². The number of hydrogen-bond acceptors (Lipinski definition) is 3. The zero-order valence-corrected chi connectivity index (χ0v) is 10.9. The van der Waals surface area contributed by atoms with Crippen LogP contribution in [-0.4, -0.2) is 14.8 Å². The molecule has 19 heavy (non-hydrogen) atoms. The summed E-state index contributed by atoms with van der Waals surface area (Å²) in [5.41, 5.74) is 1.08. The molecule has 98 valence electrons. The van der Waals surface area contributed by atoms with Crippen LogP contribution in [0.5, 0.6) is 0 Å². The van der Waals surface area contributed by atoms with Gasteiger partial charge in [0.25, 0.3) is 0 Å². The van der Waals surface area contributed by atoms with Crippen molar-refractivity contribution in [1.29, 1.82) is 5.26 Å². The van der Waals surface area contributed by atoms with Crippen LogP contribution in [0, 0.1) is 40.9 Å². The molecule has 0 saturated heterocycles. The topological polar surface area (TPSA) is 54.5 Å². The van der Waals surface area contributed by atoms with E-state index < -0.39 is 0 Å². The van der Waals surface area contributed by atoms with Crippen molar-refractivity contribution >= 4 is 5.70 Å². The molecule has 1 aromatic rings. The molecule has 0 aliphatic heterocycles. The number of hydrogen-bond donors (Lipinski definition) is 0. The van der Waals surface area contributed by atoms with E-state index >= 15 is 0 Å². The van der Waals surface area contributed by atoms with Gasteiger partial charge in [-0.15, -0.1) is 0 Å². The average molecular weight is 254 g/mol. The molecule has 0 amide bonds. The van der Waals surface area contributed by atoms with Crippen molar-refractivity contribution in [2.75, 3.05) is 0 Å². The first kappa shape index (κ1) is 11.2. The number of nitriles is 1. The van der Waals surface area contributed by atoms with Crippen molar-refractivity contribution in [3.63, 3.8) is 0 Å². The van der Waals surface area contributed by atoms with Gasteiger partial charge >= 0.3 is 0 Å². The highest BCUT2D eigenvalue weighted by atomic mass is 15.3. The van der Waals surface area contributed by atoms with Crippen LogP contribution in [0.25, 0.3) is 5.70 Å². The summed E-state index contributed by atoms with van der Waals surface area (Å²) in [6.07, 6.45) is 11.9. The third-order valence-electron chi connectivity index (χ3n) is 5.46. The Morgan fingerprint density at radius 1 is 1.16 bits per heavy atom. The van der Waals surface area contributed by atoms with E-state index in [1.165, 1.54) is 32.1 Å². The molecule has 0 N–H and O–H groups in total. The van der Waals surface area contributed by atoms with E-state index in [9.17, 15) is 0 Å². The molecule has 5 rings (SSSR count). The summed E-state index contributed by atoms with van der Waals surface area (Å²) in [6.45, 7) is 0. The third-order valence-corrected chi connectivity index (χ3v) is 5.46. The predicted octanol–water partition coefficient (Wildman–Crippen LogP) is 2.71. The van der Waals surface area contributed by atoms with Gasteiger partial charge in [0.05, 0.1) is 11.8 Å². The van der Waals surface area contributed by atoms with Crippen molar-refractivity contribution in [1.82, 2.24) is 14.8 Å². The van der Waals surface area contributed by atoms with Crippen molar-refractivity contribution in [2.24, 2.45) is 29.6 Å². The monoisotopic (exact) mass is 254 g/mol. The van der Waals surface area contributed by atoms with Gasteiger partial charge in [0, 0.05) is 12.0 Å². The molecule has 0 atom stereocenters. The summed E-state index contributed by atoms with van der Waals surface area (Å²) in [6, 6.07) is 2.21. The molecule has 4 fully saturated rings. The zero-order chi connectivity index (χ0) is 12.8. The Bertz CT molecular complexity index is 509. The Balaban J connectivity index is 1.71. The lowest BCUT2D eigenvalue weighted by molar-refractivity contribution is -0.0142. The van der Waals surface area contributed by atoms with Crippen molar-refractivity contribution in [3.05, 3.63) is 18.7 Å². The van der Waals surface area contributed by atoms with Crippen LogP contribution < -0.4 is 0 Å². The summed E-state index contributed by atoms with van der Waals surface area (Å²) in [5, 5.41) is 13.4. The zero-order valence-electron chi connectivity index (χ0n) is 10.9. The average Bonchev–Trinajstić information content (AvgIpc) is 2.89. The van der Waals surface area contributed by atoms with Gasteiger partial charge in [-0.1, -0.05) is 0 Å². The van der Waals surface area contributed by atoms with Gasteiger partial charge in [0.2, 0.25) is 0 Å². The Morgan fingerprint density at radius 2 is 1.84 bits per heavy atom. The minimum Gasteiger partial charge on any atom is -0.224 e. The Hall–Kier alpha value is -1.63. The second kappa shape index (κ2) is 4.19. The molecule has 4 heteroatoms. The quantitative estimate of drug-likeness (QED) is 0.762. The lowest BCUT2D eigenvalue weighted by Gasteiger charge is -2.54. The molecule has 0 radical (unpaired) electrons. The number of aromatic nitrogens is 3. The first-order valence-electron chi connectivity index (χ1n) is 7.30. The molecule has 4 saturated carbocycles. The molecule has 0 spiro atoms. The minimum atomic E-state index is 0.522. The van der Waals surface area contributed by atoms with Gasteiger partial charge in [0.15, 0.2) is 0 Å². The molecule has 4 nitrogen and oxygen atoms in total. The van der Waals surface area contributed by atoms with E-state index in [0.717, 1.165) is 29.4 Å². The van der Waals surface area contributed by atoms with Crippen molar-refractivity contribution in [2.45, 2.75) is 32.1 Å². The van der Waals surface area contributed by atoms with E-state index in [2.05, 4.69) is 16.2 Å². The Labute approximate surface area is 113 Å². The van der Waals surface area contributed by atoms with Gasteiger partial charge < -0.3 is 0 Å². The van der Waals surface area contributed by atoms with Crippen LogP contribution in [0.1, 0.15) is 32.1 Å². The second-order valence-electron chi connectivity index (χ2n) is 6.49. The van der Waals surface area contributed by atoms with Crippen LogP contribution in [0.15, 0.2) is 18.7 Å². The standard InChI is InChI=1S/C15H18N4/c16-2-1-14(19-9-17-8-18-19)15-12-4-10-3-11(6-12)7-13(15)5-10/h1,8-13,15H,3-7H2/b14-1-. The van der Waals surface area contributed by atoms with Crippen LogP contribution in [0.4, 0.5) is 0 Å². The van der Waals surface area contributed by atoms with E-state index in [1.807, 2.05) is 4.68 Å². The first-order chi connectivity index (χ1) is 9.35. The molecular formula is C15H18N4. The summed E-state index contributed by atoms with van der Waals surface area (Å²) in [4.78, 5) is 4.04. The first-order valence-corrected chi connectivity index (χ1v) is 7.30. The SMILES string of the molecule is N#C/C=C(/C1C2CC3CC(C2)CC1C3)n1cncn1. The lowest BCUT2D eigenvalue weighted by atomic mass is 9.51. The van der Waals surface area contributed by atoms with Crippen molar-refractivity contribution < 1.29 is 0 Å². The molecule has 0 unspecified atom stereocenters. The molecule has 1 heterocycles. The molecule has 0 aromatic carbocycles. The van der Waals surface area contributed by atoms with E-state index in [4.69, 9.17) is 5.26 Å². The highest BCUT2D eigenvalue weighted by molar-refractivity contribution is 5.52. The molecule has 1 aromatic heterocycles. The maximum absolute atomic E-state index is 9.10. The number of allylic oxidation sites excluding steroid dienone is 2. The number of nitrogens with zero attached hydrogens (tertiary/aromatic N) is 4. The minimum absolute atomic E-state index is 0.522. The molecule has 4 aliphatic carbocycles. The number of rotatable bonds is 2. The van der Waals surface area contributed by atoms with E-state index in [-0.39, 0.29) is 0 Å². The normalized spacial score (nSPS) is 40.4. The molecular weight excluding hydrogens is 236 g/mol. The molecule has 4 bridgehead atoms. The second-order valence-corrected chi connectivity index (χ2v) is 6.49. The largest absolute Gasteiger partial charge is 0.224 e. The highest BCUT2D eigenvalue weighted by Gasteiger charge is 2.49. The fraction of sp³-hybridized carbons (Fsp3) is 0.667. The summed E-state index contributed by atoms with van der Waals surface area (Å²) in [5.74, 6) is 3.96. The van der Waals surface area contributed by atoms with E-state index in [1.54, 1.807) is 18.7 Å². The maximum atomic E-state index is 9.10. The van der Waals surface area contributed by atoms with Gasteiger partial charge in [-0.25, -0.2) is 9.67 Å². The Morgan fingerprint density at radius 3 is 2.37 bits per heavy atom. The van der Waals surface area contributed by atoms with Gasteiger partial charge in [0.1, 0.15) is 12.7 Å². The van der Waals surface area contributed by atoms with Gasteiger partial charge in [-0.05, 0) is 55.8 Å². The smallest absolute Gasteiger partial charge is 0.138 e. The van der Waals surface area contributed by atoms with E-state index in [0.29, 0.717) is 5.92 Å². The van der Waals surface area contributed by atoms with Gasteiger partial charge in [-0.3, -0.25) is 0 Å². The fourth-order valence-electron chi connectivity index (χ4n) is 5.13. The maximum Gasteiger partial charge on any atom is 0.138 e. The van der Waals surface area contributed by atoms with Gasteiger partial charge in [-0.2, -0.15) is 10.4 Å². The van der Waals surface area contributed by atoms with Crippen LogP contribution in [0.3, 0.4) is 0 Å². The fourth-order valence-corrected chi connectivity index (χ4v) is 5.13.